The highest BCUT2D eigenvalue weighted by Gasteiger charge is 2.35. The van der Waals surface area contributed by atoms with Gasteiger partial charge in [0.1, 0.15) is 0 Å². The van der Waals surface area contributed by atoms with Gasteiger partial charge in [-0.2, -0.15) is 12.6 Å². The molecule has 0 aromatic rings. The summed E-state index contributed by atoms with van der Waals surface area (Å²) in [5.74, 6) is 1.08. The van der Waals surface area contributed by atoms with E-state index in [1.54, 1.807) is 0 Å². The SMILES string of the molecule is SCC1(CN2CCC(N3CCOCC3)C2)CCCCCC1. The van der Waals surface area contributed by atoms with Crippen molar-refractivity contribution in [1.82, 2.24) is 9.80 Å². The maximum Gasteiger partial charge on any atom is 0.0594 e. The predicted molar refractivity (Wildman–Crippen MR) is 91.2 cm³/mol. The molecule has 0 bridgehead atoms. The van der Waals surface area contributed by atoms with Crippen molar-refractivity contribution in [3.05, 3.63) is 0 Å². The van der Waals surface area contributed by atoms with Crippen LogP contribution in [0.1, 0.15) is 44.9 Å². The zero-order valence-corrected chi connectivity index (χ0v) is 14.3. The molecule has 0 aromatic heterocycles. The number of likely N-dealkylation sites (tertiary alicyclic amines) is 1. The molecule has 4 heteroatoms. The molecule has 1 atom stereocenters. The summed E-state index contributed by atoms with van der Waals surface area (Å²) in [6.07, 6.45) is 9.85. The Morgan fingerprint density at radius 2 is 1.71 bits per heavy atom. The molecule has 0 N–H and O–H groups in total. The van der Waals surface area contributed by atoms with Gasteiger partial charge in [-0.1, -0.05) is 25.7 Å². The molecule has 3 aliphatic rings. The Bertz CT molecular complexity index is 312. The van der Waals surface area contributed by atoms with Crippen LogP contribution in [-0.4, -0.2) is 67.5 Å². The number of hydrogen-bond acceptors (Lipinski definition) is 4. The quantitative estimate of drug-likeness (QED) is 0.635. The van der Waals surface area contributed by atoms with Crippen LogP contribution in [0, 0.1) is 5.41 Å². The standard InChI is InChI=1S/C17H32N2OS/c21-15-17(6-3-1-2-4-7-17)14-18-8-5-16(13-18)19-9-11-20-12-10-19/h16,21H,1-15H2. The average molecular weight is 313 g/mol. The molecule has 1 unspecified atom stereocenters. The van der Waals surface area contributed by atoms with Gasteiger partial charge in [0, 0.05) is 32.2 Å². The molecular weight excluding hydrogens is 280 g/mol. The number of ether oxygens (including phenoxy) is 1. The summed E-state index contributed by atoms with van der Waals surface area (Å²) in [6, 6.07) is 0.775. The largest absolute Gasteiger partial charge is 0.379 e. The van der Waals surface area contributed by atoms with Crippen LogP contribution in [0.3, 0.4) is 0 Å². The molecule has 0 radical (unpaired) electrons. The normalized spacial score (nSPS) is 32.1. The van der Waals surface area contributed by atoms with Crippen molar-refractivity contribution < 1.29 is 4.74 Å². The van der Waals surface area contributed by atoms with Gasteiger partial charge in [0.05, 0.1) is 13.2 Å². The molecule has 3 nitrogen and oxygen atoms in total. The maximum absolute atomic E-state index is 5.49. The first-order valence-corrected chi connectivity index (χ1v) is 9.60. The van der Waals surface area contributed by atoms with Crippen molar-refractivity contribution in [3.63, 3.8) is 0 Å². The molecule has 3 rings (SSSR count). The van der Waals surface area contributed by atoms with Crippen molar-refractivity contribution in [3.8, 4) is 0 Å². The van der Waals surface area contributed by atoms with E-state index in [1.807, 2.05) is 0 Å². The summed E-state index contributed by atoms with van der Waals surface area (Å²) in [6.45, 7) is 7.98. The van der Waals surface area contributed by atoms with Crippen LogP contribution >= 0.6 is 12.6 Å². The Hall–Kier alpha value is 0.230. The van der Waals surface area contributed by atoms with E-state index in [0.29, 0.717) is 5.41 Å². The van der Waals surface area contributed by atoms with Crippen LogP contribution in [-0.2, 0) is 4.74 Å². The summed E-state index contributed by atoms with van der Waals surface area (Å²) in [5, 5.41) is 0. The minimum absolute atomic E-state index is 0.500. The highest BCUT2D eigenvalue weighted by Crippen LogP contribution is 2.37. The van der Waals surface area contributed by atoms with E-state index in [1.165, 1.54) is 64.6 Å². The van der Waals surface area contributed by atoms with E-state index in [-0.39, 0.29) is 0 Å². The van der Waals surface area contributed by atoms with Gasteiger partial charge in [0.15, 0.2) is 0 Å². The lowest BCUT2D eigenvalue weighted by Crippen LogP contribution is -2.45. The predicted octanol–water partition coefficient (Wildman–Crippen LogP) is 2.66. The molecule has 0 aromatic carbocycles. The molecule has 2 aliphatic heterocycles. The molecule has 0 spiro atoms. The lowest BCUT2D eigenvalue weighted by Gasteiger charge is -2.36. The number of thiol groups is 1. The van der Waals surface area contributed by atoms with E-state index in [4.69, 9.17) is 17.4 Å². The molecular formula is C17H32N2OS. The maximum atomic E-state index is 5.49. The minimum atomic E-state index is 0.500. The molecule has 1 aliphatic carbocycles. The highest BCUT2D eigenvalue weighted by molar-refractivity contribution is 7.80. The van der Waals surface area contributed by atoms with E-state index < -0.39 is 0 Å². The van der Waals surface area contributed by atoms with Crippen LogP contribution in [0.2, 0.25) is 0 Å². The zero-order chi connectivity index (χ0) is 14.5. The van der Waals surface area contributed by atoms with Crippen molar-refractivity contribution in [2.24, 2.45) is 5.41 Å². The summed E-state index contributed by atoms with van der Waals surface area (Å²) in [5.41, 5.74) is 0.500. The fourth-order valence-electron chi connectivity index (χ4n) is 4.52. The number of rotatable bonds is 4. The monoisotopic (exact) mass is 312 g/mol. The van der Waals surface area contributed by atoms with Crippen LogP contribution in [0.25, 0.3) is 0 Å². The lowest BCUT2D eigenvalue weighted by atomic mass is 9.82. The Morgan fingerprint density at radius 3 is 2.38 bits per heavy atom. The van der Waals surface area contributed by atoms with Gasteiger partial charge in [0.25, 0.3) is 0 Å². The summed E-state index contributed by atoms with van der Waals surface area (Å²) in [4.78, 5) is 5.39. The third kappa shape index (κ3) is 4.15. The Labute approximate surface area is 135 Å². The van der Waals surface area contributed by atoms with Crippen molar-refractivity contribution in [2.75, 3.05) is 51.7 Å². The second-order valence-electron chi connectivity index (χ2n) is 7.40. The first-order chi connectivity index (χ1) is 10.3. The Morgan fingerprint density at radius 1 is 1.00 bits per heavy atom. The second kappa shape index (κ2) is 7.67. The highest BCUT2D eigenvalue weighted by atomic mass is 32.1. The summed E-state index contributed by atoms with van der Waals surface area (Å²) < 4.78 is 5.49. The van der Waals surface area contributed by atoms with Crippen LogP contribution in [0.4, 0.5) is 0 Å². The Kier molecular flexibility index (Phi) is 5.88. The lowest BCUT2D eigenvalue weighted by molar-refractivity contribution is 0.0176. The van der Waals surface area contributed by atoms with Crippen LogP contribution in [0.15, 0.2) is 0 Å². The van der Waals surface area contributed by atoms with Gasteiger partial charge in [-0.3, -0.25) is 4.90 Å². The first-order valence-electron chi connectivity index (χ1n) is 8.96. The van der Waals surface area contributed by atoms with Gasteiger partial charge >= 0.3 is 0 Å². The number of nitrogens with zero attached hydrogens (tertiary/aromatic N) is 2. The second-order valence-corrected chi connectivity index (χ2v) is 7.71. The van der Waals surface area contributed by atoms with Gasteiger partial charge in [-0.05, 0) is 37.0 Å². The fourth-order valence-corrected chi connectivity index (χ4v) is 4.93. The molecule has 122 valence electrons. The molecule has 0 amide bonds. The van der Waals surface area contributed by atoms with Crippen LogP contribution < -0.4 is 0 Å². The van der Waals surface area contributed by atoms with E-state index in [2.05, 4.69) is 9.80 Å². The van der Waals surface area contributed by atoms with Crippen molar-refractivity contribution >= 4 is 12.6 Å². The topological polar surface area (TPSA) is 15.7 Å². The van der Waals surface area contributed by atoms with Gasteiger partial charge in [-0.25, -0.2) is 0 Å². The first kappa shape index (κ1) is 16.1. The van der Waals surface area contributed by atoms with E-state index >= 15 is 0 Å². The fraction of sp³-hybridized carbons (Fsp3) is 1.00. The number of hydrogen-bond donors (Lipinski definition) is 1. The van der Waals surface area contributed by atoms with Crippen molar-refractivity contribution in [2.45, 2.75) is 51.0 Å². The van der Waals surface area contributed by atoms with Gasteiger partial charge < -0.3 is 9.64 Å². The smallest absolute Gasteiger partial charge is 0.0594 e. The van der Waals surface area contributed by atoms with Crippen LogP contribution in [0.5, 0.6) is 0 Å². The molecule has 21 heavy (non-hydrogen) atoms. The molecule has 3 fully saturated rings. The zero-order valence-electron chi connectivity index (χ0n) is 13.4. The molecule has 1 saturated carbocycles. The Balaban J connectivity index is 1.52. The summed E-state index contributed by atoms with van der Waals surface area (Å²) >= 11 is 4.74. The van der Waals surface area contributed by atoms with E-state index in [0.717, 1.165) is 38.1 Å². The van der Waals surface area contributed by atoms with E-state index in [9.17, 15) is 0 Å². The van der Waals surface area contributed by atoms with Crippen molar-refractivity contribution in [1.29, 1.82) is 0 Å². The van der Waals surface area contributed by atoms with Gasteiger partial charge in [0.2, 0.25) is 0 Å². The average Bonchev–Trinajstić information content (AvgIpc) is 2.86. The molecule has 2 heterocycles. The third-order valence-corrected chi connectivity index (χ3v) is 6.54. The summed E-state index contributed by atoms with van der Waals surface area (Å²) in [7, 11) is 0. The minimum Gasteiger partial charge on any atom is -0.379 e. The third-order valence-electron chi connectivity index (χ3n) is 5.87. The van der Waals surface area contributed by atoms with Gasteiger partial charge in [-0.15, -0.1) is 0 Å². The molecule has 2 saturated heterocycles. The number of morpholine rings is 1.